The Morgan fingerprint density at radius 1 is 1.21 bits per heavy atom. The molecule has 1 saturated heterocycles. The van der Waals surface area contributed by atoms with Crippen molar-refractivity contribution in [1.82, 2.24) is 0 Å². The van der Waals surface area contributed by atoms with Crippen molar-refractivity contribution in [3.05, 3.63) is 29.8 Å². The lowest BCUT2D eigenvalue weighted by molar-refractivity contribution is -0.143. The predicted octanol–water partition coefficient (Wildman–Crippen LogP) is 3.07. The molecule has 0 bridgehead atoms. The largest absolute Gasteiger partial charge is 0.481 e. The van der Waals surface area contributed by atoms with Gasteiger partial charge in [-0.25, -0.2) is 0 Å². The van der Waals surface area contributed by atoms with E-state index in [0.29, 0.717) is 5.25 Å². The van der Waals surface area contributed by atoms with Crippen LogP contribution in [-0.4, -0.2) is 29.5 Å². The minimum atomic E-state index is -0.669. The molecule has 1 saturated carbocycles. The molecule has 2 aliphatic rings. The molecule has 3 nitrogen and oxygen atoms in total. The van der Waals surface area contributed by atoms with Crippen molar-refractivity contribution in [3.63, 3.8) is 0 Å². The van der Waals surface area contributed by atoms with E-state index in [2.05, 4.69) is 12.1 Å². The smallest absolute Gasteiger partial charge is 0.314 e. The Morgan fingerprint density at radius 2 is 1.84 bits per heavy atom. The second-order valence-corrected chi connectivity index (χ2v) is 6.77. The van der Waals surface area contributed by atoms with Gasteiger partial charge in [0.1, 0.15) is 0 Å². The van der Waals surface area contributed by atoms with Gasteiger partial charge in [0.25, 0.3) is 0 Å². The van der Waals surface area contributed by atoms with Gasteiger partial charge in [-0.05, 0) is 30.5 Å². The van der Waals surface area contributed by atoms with Gasteiger partial charge >= 0.3 is 5.97 Å². The van der Waals surface area contributed by atoms with E-state index in [1.807, 2.05) is 23.9 Å². The van der Waals surface area contributed by atoms with Gasteiger partial charge in [-0.1, -0.05) is 25.0 Å². The molecule has 1 N–H and O–H groups in total. The Kier molecular flexibility index (Phi) is 3.54. The molecule has 3 rings (SSSR count). The number of carbonyl (C=O) groups is 1. The molecule has 4 heteroatoms. The molecule has 1 aliphatic heterocycles. The first-order valence-corrected chi connectivity index (χ1v) is 7.67. The van der Waals surface area contributed by atoms with E-state index in [1.54, 1.807) is 0 Å². The van der Waals surface area contributed by atoms with E-state index < -0.39 is 11.4 Å². The summed E-state index contributed by atoms with van der Waals surface area (Å²) in [5.74, 6) is -0.669. The summed E-state index contributed by atoms with van der Waals surface area (Å²) in [6, 6.07) is 8.12. The summed E-state index contributed by atoms with van der Waals surface area (Å²) in [6.07, 6.45) is 3.57. The normalized spacial score (nSPS) is 22.1. The van der Waals surface area contributed by atoms with Gasteiger partial charge in [0.2, 0.25) is 0 Å². The predicted molar refractivity (Wildman–Crippen MR) is 74.7 cm³/mol. The quantitative estimate of drug-likeness (QED) is 0.919. The van der Waals surface area contributed by atoms with Crippen molar-refractivity contribution in [2.75, 3.05) is 13.2 Å². The van der Waals surface area contributed by atoms with Crippen molar-refractivity contribution in [2.45, 2.75) is 41.2 Å². The monoisotopic (exact) mass is 278 g/mol. The average molecular weight is 278 g/mol. The Morgan fingerprint density at radius 3 is 2.32 bits per heavy atom. The van der Waals surface area contributed by atoms with Crippen molar-refractivity contribution in [3.8, 4) is 0 Å². The molecule has 102 valence electrons. The fourth-order valence-corrected chi connectivity index (χ4v) is 3.94. The van der Waals surface area contributed by atoms with Crippen LogP contribution in [-0.2, 0) is 14.9 Å². The van der Waals surface area contributed by atoms with Gasteiger partial charge in [-0.2, -0.15) is 0 Å². The Hall–Kier alpha value is -1.00. The van der Waals surface area contributed by atoms with Crippen molar-refractivity contribution in [1.29, 1.82) is 0 Å². The SMILES string of the molecule is O=C(O)C1(c2ccc(SC3COC3)cc2)CCCC1. The van der Waals surface area contributed by atoms with E-state index in [1.165, 1.54) is 4.90 Å². The van der Waals surface area contributed by atoms with Crippen LogP contribution < -0.4 is 0 Å². The second-order valence-electron chi connectivity index (χ2n) is 5.40. The van der Waals surface area contributed by atoms with Crippen molar-refractivity contribution in [2.24, 2.45) is 0 Å². The zero-order chi connectivity index (χ0) is 13.3. The van der Waals surface area contributed by atoms with Gasteiger partial charge in [-0.3, -0.25) is 4.79 Å². The molecule has 19 heavy (non-hydrogen) atoms. The molecule has 1 aliphatic carbocycles. The van der Waals surface area contributed by atoms with Crippen LogP contribution in [0.5, 0.6) is 0 Å². The fraction of sp³-hybridized carbons (Fsp3) is 0.533. The Bertz CT molecular complexity index is 459. The number of ether oxygens (including phenoxy) is 1. The minimum absolute atomic E-state index is 0.561. The lowest BCUT2D eigenvalue weighted by Gasteiger charge is -2.26. The Balaban J connectivity index is 1.78. The van der Waals surface area contributed by atoms with Crippen LogP contribution >= 0.6 is 11.8 Å². The van der Waals surface area contributed by atoms with E-state index in [0.717, 1.165) is 44.5 Å². The van der Waals surface area contributed by atoms with Crippen LogP contribution in [0.1, 0.15) is 31.2 Å². The standard InChI is InChI=1S/C15H18O3S/c16-14(17)15(7-1-2-8-15)11-3-5-12(6-4-11)19-13-9-18-10-13/h3-6,13H,1-2,7-10H2,(H,16,17). The minimum Gasteiger partial charge on any atom is -0.481 e. The summed E-state index contributed by atoms with van der Waals surface area (Å²) < 4.78 is 5.16. The molecule has 0 aromatic heterocycles. The van der Waals surface area contributed by atoms with Crippen LogP contribution in [0, 0.1) is 0 Å². The lowest BCUT2D eigenvalue weighted by atomic mass is 9.79. The maximum atomic E-state index is 11.6. The lowest BCUT2D eigenvalue weighted by Crippen LogP contribution is -2.32. The van der Waals surface area contributed by atoms with Crippen LogP contribution in [0.2, 0.25) is 0 Å². The van der Waals surface area contributed by atoms with Crippen molar-refractivity contribution < 1.29 is 14.6 Å². The van der Waals surface area contributed by atoms with Crippen molar-refractivity contribution >= 4 is 17.7 Å². The average Bonchev–Trinajstić information content (AvgIpc) is 2.85. The molecule has 1 heterocycles. The second kappa shape index (κ2) is 5.17. The third-order valence-corrected chi connectivity index (χ3v) is 5.33. The summed E-state index contributed by atoms with van der Waals surface area (Å²) in [6.45, 7) is 1.65. The van der Waals surface area contributed by atoms with Crippen LogP contribution in [0.15, 0.2) is 29.2 Å². The topological polar surface area (TPSA) is 46.5 Å². The molecule has 1 aromatic carbocycles. The fourth-order valence-electron chi connectivity index (χ4n) is 2.93. The van der Waals surface area contributed by atoms with Gasteiger partial charge in [0.05, 0.1) is 23.9 Å². The van der Waals surface area contributed by atoms with Crippen LogP contribution in [0.4, 0.5) is 0 Å². The molecule has 0 unspecified atom stereocenters. The first kappa shape index (κ1) is 13.0. The summed E-state index contributed by atoms with van der Waals surface area (Å²) in [5, 5.41) is 10.1. The van der Waals surface area contributed by atoms with Crippen LogP contribution in [0.3, 0.4) is 0 Å². The number of rotatable bonds is 4. The summed E-state index contributed by atoms with van der Waals surface area (Å²) in [5.41, 5.74) is 0.328. The molecule has 0 spiro atoms. The highest BCUT2D eigenvalue weighted by atomic mass is 32.2. The maximum absolute atomic E-state index is 11.6. The van der Waals surface area contributed by atoms with E-state index in [4.69, 9.17) is 4.74 Å². The van der Waals surface area contributed by atoms with Gasteiger partial charge in [-0.15, -0.1) is 11.8 Å². The Labute approximate surface area is 117 Å². The summed E-state index contributed by atoms with van der Waals surface area (Å²) in [4.78, 5) is 12.8. The highest BCUT2D eigenvalue weighted by molar-refractivity contribution is 8.00. The molecular weight excluding hydrogens is 260 g/mol. The van der Waals surface area contributed by atoms with Crippen LogP contribution in [0.25, 0.3) is 0 Å². The molecular formula is C15H18O3S. The highest BCUT2D eigenvalue weighted by Crippen LogP contribution is 2.42. The molecule has 0 atom stereocenters. The first-order valence-electron chi connectivity index (χ1n) is 6.79. The number of hydrogen-bond donors (Lipinski definition) is 1. The summed E-state index contributed by atoms with van der Waals surface area (Å²) in [7, 11) is 0. The molecule has 1 aromatic rings. The van der Waals surface area contributed by atoms with E-state index in [9.17, 15) is 9.90 Å². The summed E-state index contributed by atoms with van der Waals surface area (Å²) >= 11 is 1.82. The first-order chi connectivity index (χ1) is 9.21. The third-order valence-electron chi connectivity index (χ3n) is 4.18. The number of carboxylic acid groups (broad SMARTS) is 1. The number of thioether (sulfide) groups is 1. The molecule has 2 fully saturated rings. The molecule has 0 radical (unpaired) electrons. The number of benzene rings is 1. The van der Waals surface area contributed by atoms with Gasteiger partial charge in [0, 0.05) is 4.90 Å². The third kappa shape index (κ3) is 2.39. The zero-order valence-corrected chi connectivity index (χ0v) is 11.6. The van der Waals surface area contributed by atoms with E-state index in [-0.39, 0.29) is 0 Å². The number of carboxylic acids is 1. The van der Waals surface area contributed by atoms with E-state index >= 15 is 0 Å². The maximum Gasteiger partial charge on any atom is 0.314 e. The van der Waals surface area contributed by atoms with Gasteiger partial charge in [0.15, 0.2) is 0 Å². The zero-order valence-electron chi connectivity index (χ0n) is 10.8. The number of hydrogen-bond acceptors (Lipinski definition) is 3. The molecule has 0 amide bonds. The van der Waals surface area contributed by atoms with Gasteiger partial charge < -0.3 is 9.84 Å². The number of aliphatic carboxylic acids is 1. The highest BCUT2D eigenvalue weighted by Gasteiger charge is 2.42.